The zero-order chi connectivity index (χ0) is 17.8. The predicted molar refractivity (Wildman–Crippen MR) is 92.9 cm³/mol. The van der Waals surface area contributed by atoms with Crippen molar-refractivity contribution in [1.82, 2.24) is 15.2 Å². The van der Waals surface area contributed by atoms with E-state index in [2.05, 4.69) is 20.5 Å². The molecule has 1 aromatic carbocycles. The molecule has 25 heavy (non-hydrogen) atoms. The van der Waals surface area contributed by atoms with Gasteiger partial charge in [-0.05, 0) is 37.3 Å². The molecule has 0 aliphatic carbocycles. The molecule has 9 heteroatoms. The van der Waals surface area contributed by atoms with E-state index in [4.69, 9.17) is 16.0 Å². The van der Waals surface area contributed by atoms with Crippen molar-refractivity contribution >= 4 is 35.0 Å². The Kier molecular flexibility index (Phi) is 5.30. The number of carbonyl (C=O) groups excluding carboxylic acids is 1. The minimum atomic E-state index is -0.525. The number of amides is 1. The number of benzene rings is 1. The Balaban J connectivity index is 1.65. The van der Waals surface area contributed by atoms with Crippen molar-refractivity contribution in [2.45, 2.75) is 17.4 Å². The number of anilines is 1. The third-order valence-corrected chi connectivity index (χ3v) is 4.40. The van der Waals surface area contributed by atoms with Crippen molar-refractivity contribution < 1.29 is 13.6 Å². The number of carbonyl (C=O) groups is 1. The van der Waals surface area contributed by atoms with Crippen LogP contribution in [0, 0.1) is 5.82 Å². The Labute approximate surface area is 151 Å². The van der Waals surface area contributed by atoms with Crippen LogP contribution in [0.15, 0.2) is 52.4 Å². The molecule has 6 nitrogen and oxygen atoms in total. The van der Waals surface area contributed by atoms with Crippen molar-refractivity contribution in [2.75, 3.05) is 5.32 Å². The van der Waals surface area contributed by atoms with Crippen LogP contribution in [0.25, 0.3) is 11.5 Å². The van der Waals surface area contributed by atoms with E-state index in [1.807, 2.05) is 0 Å². The number of nitrogens with zero attached hydrogens (tertiary/aromatic N) is 3. The minimum Gasteiger partial charge on any atom is -0.411 e. The Morgan fingerprint density at radius 1 is 1.36 bits per heavy atom. The van der Waals surface area contributed by atoms with Crippen LogP contribution in [0.2, 0.25) is 5.02 Å². The van der Waals surface area contributed by atoms with E-state index in [-0.39, 0.29) is 16.2 Å². The molecule has 128 valence electrons. The first-order valence-corrected chi connectivity index (χ1v) is 8.45. The topological polar surface area (TPSA) is 80.9 Å². The lowest BCUT2D eigenvalue weighted by molar-refractivity contribution is -0.115. The van der Waals surface area contributed by atoms with Gasteiger partial charge in [-0.3, -0.25) is 9.78 Å². The molecule has 0 bridgehead atoms. The summed E-state index contributed by atoms with van der Waals surface area (Å²) in [5.74, 6) is -0.469. The highest BCUT2D eigenvalue weighted by atomic mass is 35.5. The van der Waals surface area contributed by atoms with Gasteiger partial charge in [0.1, 0.15) is 5.82 Å². The SMILES string of the molecule is C[C@H](Sc1nnc(-c2cccnc2)o1)C(=O)Nc1ccc(F)cc1Cl. The summed E-state index contributed by atoms with van der Waals surface area (Å²) in [5, 5.41) is 10.3. The van der Waals surface area contributed by atoms with Gasteiger partial charge in [0.15, 0.2) is 0 Å². The molecular formula is C16H12ClFN4O2S. The Bertz CT molecular complexity index is 891. The highest BCUT2D eigenvalue weighted by Crippen LogP contribution is 2.28. The first-order valence-electron chi connectivity index (χ1n) is 7.19. The van der Waals surface area contributed by atoms with Gasteiger partial charge in [0.25, 0.3) is 5.22 Å². The first-order chi connectivity index (χ1) is 12.0. The zero-order valence-electron chi connectivity index (χ0n) is 12.9. The standard InChI is InChI=1S/C16H12ClFN4O2S/c1-9(14(23)20-13-5-4-11(18)7-12(13)17)25-16-22-21-15(24-16)10-3-2-6-19-8-10/h2-9H,1H3,(H,20,23)/t9-/m0/s1. The lowest BCUT2D eigenvalue weighted by Gasteiger charge is -2.11. The van der Waals surface area contributed by atoms with E-state index in [1.165, 1.54) is 12.1 Å². The molecule has 0 aliphatic heterocycles. The van der Waals surface area contributed by atoms with E-state index in [0.717, 1.165) is 17.8 Å². The van der Waals surface area contributed by atoms with Crippen molar-refractivity contribution in [3.05, 3.63) is 53.6 Å². The zero-order valence-corrected chi connectivity index (χ0v) is 14.5. The van der Waals surface area contributed by atoms with E-state index in [1.54, 1.807) is 31.5 Å². The van der Waals surface area contributed by atoms with Gasteiger partial charge < -0.3 is 9.73 Å². The van der Waals surface area contributed by atoms with Crippen molar-refractivity contribution in [2.24, 2.45) is 0 Å². The first kappa shape index (κ1) is 17.4. The van der Waals surface area contributed by atoms with Gasteiger partial charge in [0.2, 0.25) is 11.8 Å². The average molecular weight is 379 g/mol. The molecule has 2 aromatic heterocycles. The normalized spacial score (nSPS) is 12.0. The number of thioether (sulfide) groups is 1. The molecule has 1 N–H and O–H groups in total. The monoisotopic (exact) mass is 378 g/mol. The van der Waals surface area contributed by atoms with Crippen LogP contribution in [0.1, 0.15) is 6.92 Å². The van der Waals surface area contributed by atoms with Gasteiger partial charge >= 0.3 is 0 Å². The number of rotatable bonds is 5. The van der Waals surface area contributed by atoms with E-state index < -0.39 is 11.1 Å². The van der Waals surface area contributed by atoms with E-state index >= 15 is 0 Å². The van der Waals surface area contributed by atoms with Crippen LogP contribution in [0.4, 0.5) is 10.1 Å². The summed E-state index contributed by atoms with van der Waals surface area (Å²) in [6.07, 6.45) is 3.25. The molecule has 1 atom stereocenters. The summed E-state index contributed by atoms with van der Waals surface area (Å²) < 4.78 is 18.6. The second-order valence-electron chi connectivity index (χ2n) is 4.99. The Morgan fingerprint density at radius 2 is 2.20 bits per heavy atom. The lowest BCUT2D eigenvalue weighted by atomic mass is 10.3. The second kappa shape index (κ2) is 7.62. The minimum absolute atomic E-state index is 0.127. The van der Waals surface area contributed by atoms with Gasteiger partial charge in [-0.2, -0.15) is 0 Å². The third kappa shape index (κ3) is 4.34. The number of nitrogens with one attached hydrogen (secondary N) is 1. The quantitative estimate of drug-likeness (QED) is 0.675. The van der Waals surface area contributed by atoms with Gasteiger partial charge in [0.05, 0.1) is 21.5 Å². The summed E-state index contributed by atoms with van der Waals surface area (Å²) in [6.45, 7) is 1.69. The van der Waals surface area contributed by atoms with Crippen LogP contribution in [-0.2, 0) is 4.79 Å². The summed E-state index contributed by atoms with van der Waals surface area (Å²) >= 11 is 7.01. The Hall–Kier alpha value is -2.45. The van der Waals surface area contributed by atoms with E-state index in [9.17, 15) is 9.18 Å². The van der Waals surface area contributed by atoms with Gasteiger partial charge in [0, 0.05) is 12.4 Å². The maximum atomic E-state index is 13.0. The molecule has 0 saturated heterocycles. The Morgan fingerprint density at radius 3 is 2.92 bits per heavy atom. The number of pyridine rings is 1. The summed E-state index contributed by atoms with van der Waals surface area (Å²) in [6, 6.07) is 7.31. The molecule has 0 radical (unpaired) electrons. The molecule has 0 fully saturated rings. The average Bonchev–Trinajstić information content (AvgIpc) is 3.06. The highest BCUT2D eigenvalue weighted by Gasteiger charge is 2.19. The summed E-state index contributed by atoms with van der Waals surface area (Å²) in [4.78, 5) is 16.2. The fraction of sp³-hybridized carbons (Fsp3) is 0.125. The molecule has 0 unspecified atom stereocenters. The van der Waals surface area contributed by atoms with Crippen LogP contribution < -0.4 is 5.32 Å². The fourth-order valence-electron chi connectivity index (χ4n) is 1.89. The third-order valence-electron chi connectivity index (χ3n) is 3.15. The van der Waals surface area contributed by atoms with Crippen LogP contribution in [-0.4, -0.2) is 26.3 Å². The van der Waals surface area contributed by atoms with Gasteiger partial charge in [-0.15, -0.1) is 10.2 Å². The van der Waals surface area contributed by atoms with Gasteiger partial charge in [-0.1, -0.05) is 23.4 Å². The van der Waals surface area contributed by atoms with Crippen LogP contribution in [0.5, 0.6) is 0 Å². The molecule has 0 aliphatic rings. The maximum absolute atomic E-state index is 13.0. The number of halogens is 2. The lowest BCUT2D eigenvalue weighted by Crippen LogP contribution is -2.22. The predicted octanol–water partition coefficient (Wildman–Crippen LogP) is 4.04. The number of aromatic nitrogens is 3. The molecule has 3 rings (SSSR count). The molecule has 1 amide bonds. The maximum Gasteiger partial charge on any atom is 0.277 e. The highest BCUT2D eigenvalue weighted by molar-refractivity contribution is 8.00. The smallest absolute Gasteiger partial charge is 0.277 e. The number of hydrogen-bond donors (Lipinski definition) is 1. The van der Waals surface area contributed by atoms with Crippen LogP contribution in [0.3, 0.4) is 0 Å². The van der Waals surface area contributed by atoms with Crippen molar-refractivity contribution in [3.8, 4) is 11.5 Å². The van der Waals surface area contributed by atoms with Crippen molar-refractivity contribution in [1.29, 1.82) is 0 Å². The fourth-order valence-corrected chi connectivity index (χ4v) is 2.79. The summed E-state index contributed by atoms with van der Waals surface area (Å²) in [7, 11) is 0. The summed E-state index contributed by atoms with van der Waals surface area (Å²) in [5.41, 5.74) is 1.03. The van der Waals surface area contributed by atoms with Crippen LogP contribution >= 0.6 is 23.4 Å². The second-order valence-corrected chi connectivity index (χ2v) is 6.69. The van der Waals surface area contributed by atoms with Crippen molar-refractivity contribution in [3.63, 3.8) is 0 Å². The molecule has 3 aromatic rings. The largest absolute Gasteiger partial charge is 0.411 e. The molecule has 0 saturated carbocycles. The number of hydrogen-bond acceptors (Lipinski definition) is 6. The van der Waals surface area contributed by atoms with E-state index in [0.29, 0.717) is 17.1 Å². The molecule has 2 heterocycles. The van der Waals surface area contributed by atoms with Gasteiger partial charge in [-0.25, -0.2) is 4.39 Å². The molecular weight excluding hydrogens is 367 g/mol. The molecule has 0 spiro atoms.